The fourth-order valence-electron chi connectivity index (χ4n) is 4.18. The van der Waals surface area contributed by atoms with Crippen molar-refractivity contribution in [1.82, 2.24) is 9.97 Å². The summed E-state index contributed by atoms with van der Waals surface area (Å²) >= 11 is 0. The van der Waals surface area contributed by atoms with E-state index in [1.807, 2.05) is 12.1 Å². The lowest BCUT2D eigenvalue weighted by atomic mass is 9.88. The van der Waals surface area contributed by atoms with Crippen LogP contribution >= 0.6 is 0 Å². The molecule has 0 bridgehead atoms. The topological polar surface area (TPSA) is 64.1 Å². The first-order valence-electron chi connectivity index (χ1n) is 10.7. The number of pyridine rings is 2. The zero-order valence-corrected chi connectivity index (χ0v) is 18.3. The number of nitrogens with zero attached hydrogens (tertiary/aromatic N) is 2. The van der Waals surface area contributed by atoms with E-state index in [1.165, 1.54) is 19.2 Å². The molecule has 3 aromatic rings. The number of carbonyl (C=O) groups is 1. The number of halogens is 3. The highest BCUT2D eigenvalue weighted by Crippen LogP contribution is 2.34. The molecule has 1 unspecified atom stereocenters. The third-order valence-corrected chi connectivity index (χ3v) is 6.03. The Morgan fingerprint density at radius 2 is 2.00 bits per heavy atom. The summed E-state index contributed by atoms with van der Waals surface area (Å²) in [5.74, 6) is -1.25. The second-order valence-corrected chi connectivity index (χ2v) is 8.09. The summed E-state index contributed by atoms with van der Waals surface area (Å²) in [5, 5.41) is 4.02. The van der Waals surface area contributed by atoms with Crippen LogP contribution in [0.15, 0.2) is 48.8 Å². The number of hydrogen-bond acceptors (Lipinski definition) is 5. The number of fused-ring (bicyclic) bond motifs is 1. The van der Waals surface area contributed by atoms with Gasteiger partial charge in [-0.3, -0.25) is 14.8 Å². The molecule has 0 radical (unpaired) electrons. The third-order valence-electron chi connectivity index (χ3n) is 6.03. The molecule has 2 aromatic heterocycles. The van der Waals surface area contributed by atoms with Crippen LogP contribution in [0.25, 0.3) is 16.5 Å². The smallest absolute Gasteiger partial charge is 0.308 e. The Kier molecular flexibility index (Phi) is 6.62. The summed E-state index contributed by atoms with van der Waals surface area (Å²) in [5.41, 5.74) is 2.72. The van der Waals surface area contributed by atoms with E-state index in [2.05, 4.69) is 15.3 Å². The van der Waals surface area contributed by atoms with Gasteiger partial charge in [0.1, 0.15) is 5.82 Å². The molecule has 0 fully saturated rings. The molecule has 0 saturated carbocycles. The number of ether oxygens (including phenoxy) is 1. The number of anilines is 1. The summed E-state index contributed by atoms with van der Waals surface area (Å²) in [4.78, 5) is 20.7. The Hall–Kier alpha value is -3.42. The lowest BCUT2D eigenvalue weighted by Gasteiger charge is -2.21. The van der Waals surface area contributed by atoms with Gasteiger partial charge in [0.05, 0.1) is 42.0 Å². The fourth-order valence-corrected chi connectivity index (χ4v) is 4.18. The number of carbonyl (C=O) groups excluding carboxylic acids is 1. The predicted molar refractivity (Wildman–Crippen MR) is 120 cm³/mol. The van der Waals surface area contributed by atoms with Gasteiger partial charge < -0.3 is 10.1 Å². The largest absolute Gasteiger partial charge is 0.469 e. The van der Waals surface area contributed by atoms with Crippen molar-refractivity contribution in [3.8, 4) is 0 Å². The minimum atomic E-state index is -2.88. The monoisotopic (exact) mass is 455 g/mol. The van der Waals surface area contributed by atoms with Gasteiger partial charge in [-0.05, 0) is 43.9 Å². The molecule has 0 saturated heterocycles. The molecule has 172 valence electrons. The Morgan fingerprint density at radius 1 is 1.21 bits per heavy atom. The zero-order chi connectivity index (χ0) is 23.5. The van der Waals surface area contributed by atoms with Crippen molar-refractivity contribution in [2.24, 2.45) is 5.92 Å². The van der Waals surface area contributed by atoms with Crippen molar-refractivity contribution < 1.29 is 22.7 Å². The molecule has 1 aliphatic carbocycles. The van der Waals surface area contributed by atoms with E-state index in [1.54, 1.807) is 25.4 Å². The van der Waals surface area contributed by atoms with Gasteiger partial charge in [-0.25, -0.2) is 13.2 Å². The minimum absolute atomic E-state index is 0.141. The molecule has 0 aliphatic heterocycles. The molecule has 5 nitrogen and oxygen atoms in total. The average Bonchev–Trinajstić information content (AvgIpc) is 2.83. The SMILES string of the molecule is COC(=O)C1CC=C(c2cc3c(N[C@H](C)c4cccc(C(F)F)c4F)ccnc3cn2)CC1. The lowest BCUT2D eigenvalue weighted by Crippen LogP contribution is -2.18. The fraction of sp³-hybridized carbons (Fsp3) is 0.320. The van der Waals surface area contributed by atoms with Gasteiger partial charge in [-0.2, -0.15) is 0 Å². The third kappa shape index (κ3) is 4.69. The maximum absolute atomic E-state index is 14.6. The Labute approximate surface area is 189 Å². The van der Waals surface area contributed by atoms with Gasteiger partial charge in [-0.1, -0.05) is 24.3 Å². The first-order valence-corrected chi connectivity index (χ1v) is 10.7. The van der Waals surface area contributed by atoms with Crippen LogP contribution in [0.1, 0.15) is 55.5 Å². The van der Waals surface area contributed by atoms with Crippen LogP contribution in [0.4, 0.5) is 18.9 Å². The quantitative estimate of drug-likeness (QED) is 0.446. The molecule has 33 heavy (non-hydrogen) atoms. The predicted octanol–water partition coefficient (Wildman–Crippen LogP) is 6.24. The number of rotatable bonds is 6. The van der Waals surface area contributed by atoms with E-state index < -0.39 is 23.8 Å². The summed E-state index contributed by atoms with van der Waals surface area (Å²) in [6.07, 6.45) is 4.40. The summed E-state index contributed by atoms with van der Waals surface area (Å²) < 4.78 is 45.7. The van der Waals surface area contributed by atoms with Crippen molar-refractivity contribution in [2.45, 2.75) is 38.7 Å². The maximum atomic E-state index is 14.6. The van der Waals surface area contributed by atoms with Gasteiger partial charge in [0.15, 0.2) is 0 Å². The first-order chi connectivity index (χ1) is 15.9. The molecule has 8 heteroatoms. The highest BCUT2D eigenvalue weighted by atomic mass is 19.3. The van der Waals surface area contributed by atoms with Crippen LogP contribution in [-0.2, 0) is 9.53 Å². The van der Waals surface area contributed by atoms with E-state index in [0.29, 0.717) is 30.5 Å². The number of hydrogen-bond donors (Lipinski definition) is 1. The number of benzene rings is 1. The van der Waals surface area contributed by atoms with Crippen LogP contribution in [-0.4, -0.2) is 23.0 Å². The first kappa shape index (κ1) is 22.8. The second kappa shape index (κ2) is 9.60. The van der Waals surface area contributed by atoms with E-state index in [-0.39, 0.29) is 17.5 Å². The summed E-state index contributed by atoms with van der Waals surface area (Å²) in [7, 11) is 1.39. The van der Waals surface area contributed by atoms with Crippen LogP contribution in [0, 0.1) is 11.7 Å². The Bertz CT molecular complexity index is 1210. The lowest BCUT2D eigenvalue weighted by molar-refractivity contribution is -0.145. The van der Waals surface area contributed by atoms with Gasteiger partial charge in [-0.15, -0.1) is 0 Å². The number of methoxy groups -OCH3 is 1. The average molecular weight is 455 g/mol. The van der Waals surface area contributed by atoms with Crippen molar-refractivity contribution in [2.75, 3.05) is 12.4 Å². The number of esters is 1. The minimum Gasteiger partial charge on any atom is -0.469 e. The van der Waals surface area contributed by atoms with Crippen LogP contribution in [0.2, 0.25) is 0 Å². The van der Waals surface area contributed by atoms with E-state index >= 15 is 0 Å². The van der Waals surface area contributed by atoms with Crippen molar-refractivity contribution >= 4 is 28.1 Å². The van der Waals surface area contributed by atoms with Gasteiger partial charge in [0.25, 0.3) is 6.43 Å². The van der Waals surface area contributed by atoms with Crippen molar-refractivity contribution in [1.29, 1.82) is 0 Å². The Morgan fingerprint density at radius 3 is 2.70 bits per heavy atom. The van der Waals surface area contributed by atoms with E-state index in [4.69, 9.17) is 4.74 Å². The standard InChI is InChI=1S/C25H24F3N3O2/c1-14(17-4-3-5-18(23(17)26)24(27)28)31-20-10-11-29-22-13-30-21(12-19(20)22)15-6-8-16(9-7-15)25(32)33-2/h3-6,10-14,16,24H,7-9H2,1-2H3,(H,29,31)/t14-,16?/m1/s1. The van der Waals surface area contributed by atoms with Gasteiger partial charge in [0, 0.05) is 22.8 Å². The summed E-state index contributed by atoms with van der Waals surface area (Å²) in [6, 6.07) is 7.15. The molecular weight excluding hydrogens is 431 g/mol. The number of nitrogens with one attached hydrogen (secondary N) is 1. The van der Waals surface area contributed by atoms with E-state index in [0.717, 1.165) is 22.7 Å². The van der Waals surface area contributed by atoms with Crippen LogP contribution < -0.4 is 5.32 Å². The van der Waals surface area contributed by atoms with Gasteiger partial charge >= 0.3 is 5.97 Å². The molecule has 0 amide bonds. The zero-order valence-electron chi connectivity index (χ0n) is 18.3. The maximum Gasteiger partial charge on any atom is 0.308 e. The normalized spacial score (nSPS) is 17.0. The molecule has 1 aliphatic rings. The number of alkyl halides is 2. The molecule has 1 aromatic carbocycles. The molecule has 1 N–H and O–H groups in total. The molecule has 4 rings (SSSR count). The van der Waals surface area contributed by atoms with E-state index in [9.17, 15) is 18.0 Å². The number of allylic oxidation sites excluding steroid dienone is 2. The second-order valence-electron chi connectivity index (χ2n) is 8.09. The summed E-state index contributed by atoms with van der Waals surface area (Å²) in [6.45, 7) is 1.72. The van der Waals surface area contributed by atoms with Gasteiger partial charge in [0.2, 0.25) is 0 Å². The van der Waals surface area contributed by atoms with Crippen molar-refractivity contribution in [3.05, 3.63) is 71.4 Å². The number of aromatic nitrogens is 2. The van der Waals surface area contributed by atoms with Crippen LogP contribution in [0.5, 0.6) is 0 Å². The highest BCUT2D eigenvalue weighted by Gasteiger charge is 2.24. The molecule has 2 heterocycles. The highest BCUT2D eigenvalue weighted by molar-refractivity contribution is 5.92. The molecular formula is C25H24F3N3O2. The van der Waals surface area contributed by atoms with Crippen molar-refractivity contribution in [3.63, 3.8) is 0 Å². The van der Waals surface area contributed by atoms with Crippen LogP contribution in [0.3, 0.4) is 0 Å². The molecule has 0 spiro atoms. The Balaban J connectivity index is 1.63. The molecule has 2 atom stereocenters.